The molecule has 0 aromatic heterocycles. The van der Waals surface area contributed by atoms with Crippen molar-refractivity contribution in [3.8, 4) is 0 Å². The first-order valence-electron chi connectivity index (χ1n) is 3.06. The molecule has 0 bridgehead atoms. The molecule has 0 atom stereocenters. The fourth-order valence-electron chi connectivity index (χ4n) is 0.580. The van der Waals surface area contributed by atoms with E-state index in [1.807, 2.05) is 11.9 Å². The predicted molar refractivity (Wildman–Crippen MR) is 41.9 cm³/mol. The van der Waals surface area contributed by atoms with Gasteiger partial charge in [0.2, 0.25) is 0 Å². The van der Waals surface area contributed by atoms with Crippen molar-refractivity contribution in [2.45, 2.75) is 6.92 Å². The molecule has 0 unspecified atom stereocenters. The Morgan fingerprint density at radius 1 is 1.78 bits per heavy atom. The van der Waals surface area contributed by atoms with Crippen LogP contribution in [0.15, 0.2) is 17.6 Å². The minimum absolute atomic E-state index is 0.942. The van der Waals surface area contributed by atoms with Gasteiger partial charge >= 0.3 is 0 Å². The fraction of sp³-hybridized carbons (Fsp3) is 0.571. The molecule has 0 spiro atoms. The molecular formula is C7H14N2. The fourth-order valence-corrected chi connectivity index (χ4v) is 0.580. The number of nitrogens with zero attached hydrogens (tertiary/aromatic N) is 2. The van der Waals surface area contributed by atoms with E-state index in [2.05, 4.69) is 18.5 Å². The van der Waals surface area contributed by atoms with Crippen molar-refractivity contribution in [2.75, 3.05) is 20.6 Å². The summed E-state index contributed by atoms with van der Waals surface area (Å²) in [6.45, 7) is 6.68. The van der Waals surface area contributed by atoms with Crippen LogP contribution < -0.4 is 0 Å². The molecule has 0 aliphatic rings. The molecule has 0 aliphatic heterocycles. The second kappa shape index (κ2) is 4.13. The number of amidine groups is 1. The topological polar surface area (TPSA) is 15.6 Å². The van der Waals surface area contributed by atoms with Crippen LogP contribution in [-0.2, 0) is 0 Å². The van der Waals surface area contributed by atoms with Crippen molar-refractivity contribution in [2.24, 2.45) is 4.99 Å². The molecule has 52 valence electrons. The molecule has 0 radical (unpaired) electrons. The molecule has 2 nitrogen and oxygen atoms in total. The second-order valence-electron chi connectivity index (χ2n) is 1.80. The van der Waals surface area contributed by atoms with Gasteiger partial charge < -0.3 is 4.90 Å². The number of rotatable bonds is 2. The van der Waals surface area contributed by atoms with Gasteiger partial charge in [-0.05, 0) is 13.0 Å². The third-order valence-electron chi connectivity index (χ3n) is 1.28. The third kappa shape index (κ3) is 2.31. The van der Waals surface area contributed by atoms with E-state index in [1.54, 1.807) is 13.1 Å². The smallest absolute Gasteiger partial charge is 0.122 e. The van der Waals surface area contributed by atoms with Gasteiger partial charge in [-0.2, -0.15) is 0 Å². The first kappa shape index (κ1) is 8.21. The Morgan fingerprint density at radius 2 is 2.33 bits per heavy atom. The summed E-state index contributed by atoms with van der Waals surface area (Å²) in [5, 5.41) is 0. The molecule has 9 heavy (non-hydrogen) atoms. The van der Waals surface area contributed by atoms with E-state index >= 15 is 0 Å². The summed E-state index contributed by atoms with van der Waals surface area (Å²) in [4.78, 5) is 6.04. The Bertz CT molecular complexity index is 116. The van der Waals surface area contributed by atoms with E-state index in [0.29, 0.717) is 0 Å². The number of hydrogen-bond donors (Lipinski definition) is 0. The molecule has 0 aliphatic carbocycles. The van der Waals surface area contributed by atoms with Gasteiger partial charge in [0.25, 0.3) is 0 Å². The van der Waals surface area contributed by atoms with Crippen molar-refractivity contribution in [1.82, 2.24) is 4.90 Å². The van der Waals surface area contributed by atoms with Crippen LogP contribution in [0.25, 0.3) is 0 Å². The van der Waals surface area contributed by atoms with Crippen molar-refractivity contribution in [3.05, 3.63) is 12.7 Å². The minimum atomic E-state index is 0.942. The summed E-state index contributed by atoms with van der Waals surface area (Å²) in [6.07, 6.45) is 1.75. The largest absolute Gasteiger partial charge is 0.360 e. The lowest BCUT2D eigenvalue weighted by molar-refractivity contribution is 0.538. The monoisotopic (exact) mass is 126 g/mol. The Balaban J connectivity index is 3.95. The summed E-state index contributed by atoms with van der Waals surface area (Å²) >= 11 is 0. The van der Waals surface area contributed by atoms with Crippen LogP contribution in [0.4, 0.5) is 0 Å². The Labute approximate surface area is 56.9 Å². The normalized spacial score (nSPS) is 11.2. The summed E-state index contributed by atoms with van der Waals surface area (Å²) < 4.78 is 0. The zero-order valence-electron chi connectivity index (χ0n) is 6.39. The summed E-state index contributed by atoms with van der Waals surface area (Å²) in [6, 6.07) is 0. The van der Waals surface area contributed by atoms with Crippen molar-refractivity contribution < 1.29 is 0 Å². The maximum Gasteiger partial charge on any atom is 0.122 e. The van der Waals surface area contributed by atoms with Gasteiger partial charge in [0.1, 0.15) is 5.84 Å². The maximum absolute atomic E-state index is 4.00. The zero-order chi connectivity index (χ0) is 7.28. The van der Waals surface area contributed by atoms with Gasteiger partial charge in [-0.25, -0.2) is 0 Å². The molecule has 0 amide bonds. The minimum Gasteiger partial charge on any atom is -0.360 e. The highest BCUT2D eigenvalue weighted by molar-refractivity contribution is 5.92. The standard InChI is InChI=1S/C7H14N2/c1-5-7(8-3)9(4)6-2/h5H,1,6H2,2-4H3. The van der Waals surface area contributed by atoms with Gasteiger partial charge in [0.05, 0.1) is 0 Å². The lowest BCUT2D eigenvalue weighted by Gasteiger charge is -2.14. The number of hydrogen-bond acceptors (Lipinski definition) is 1. The van der Waals surface area contributed by atoms with Crippen molar-refractivity contribution >= 4 is 5.84 Å². The van der Waals surface area contributed by atoms with Crippen LogP contribution in [0.3, 0.4) is 0 Å². The Morgan fingerprint density at radius 3 is 2.44 bits per heavy atom. The molecular weight excluding hydrogens is 112 g/mol. The zero-order valence-corrected chi connectivity index (χ0v) is 6.39. The second-order valence-corrected chi connectivity index (χ2v) is 1.80. The highest BCUT2D eigenvalue weighted by atomic mass is 15.1. The average Bonchev–Trinajstić information content (AvgIpc) is 1.90. The SMILES string of the molecule is C=CC(=NC)N(C)CC. The van der Waals surface area contributed by atoms with E-state index in [4.69, 9.17) is 0 Å². The van der Waals surface area contributed by atoms with Gasteiger partial charge in [0.15, 0.2) is 0 Å². The van der Waals surface area contributed by atoms with Gasteiger partial charge in [-0.15, -0.1) is 0 Å². The van der Waals surface area contributed by atoms with Crippen LogP contribution in [0, 0.1) is 0 Å². The first-order valence-corrected chi connectivity index (χ1v) is 3.06. The first-order chi connectivity index (χ1) is 4.26. The number of likely N-dealkylation sites (N-methyl/N-ethyl adjacent to an activating group) is 1. The van der Waals surface area contributed by atoms with Crippen molar-refractivity contribution in [1.29, 1.82) is 0 Å². The van der Waals surface area contributed by atoms with E-state index in [9.17, 15) is 0 Å². The van der Waals surface area contributed by atoms with Gasteiger partial charge in [-0.3, -0.25) is 4.99 Å². The highest BCUT2D eigenvalue weighted by Gasteiger charge is 1.94. The number of aliphatic imine (C=N–C) groups is 1. The lowest BCUT2D eigenvalue weighted by atomic mass is 10.5. The molecule has 0 fully saturated rings. The molecule has 0 saturated carbocycles. The molecule has 0 aromatic carbocycles. The quantitative estimate of drug-likeness (QED) is 0.400. The van der Waals surface area contributed by atoms with E-state index < -0.39 is 0 Å². The summed E-state index contributed by atoms with van der Waals surface area (Å²) in [7, 11) is 3.76. The van der Waals surface area contributed by atoms with E-state index in [-0.39, 0.29) is 0 Å². The summed E-state index contributed by atoms with van der Waals surface area (Å²) in [5.41, 5.74) is 0. The van der Waals surface area contributed by atoms with Gasteiger partial charge in [0, 0.05) is 20.6 Å². The summed E-state index contributed by atoms with van der Waals surface area (Å²) in [5.74, 6) is 0.942. The molecule has 0 rings (SSSR count). The Kier molecular flexibility index (Phi) is 3.76. The third-order valence-corrected chi connectivity index (χ3v) is 1.28. The Hall–Kier alpha value is -0.790. The lowest BCUT2D eigenvalue weighted by Crippen LogP contribution is -2.24. The molecule has 0 N–H and O–H groups in total. The van der Waals surface area contributed by atoms with Crippen LogP contribution in [0.5, 0.6) is 0 Å². The van der Waals surface area contributed by atoms with Crippen molar-refractivity contribution in [3.63, 3.8) is 0 Å². The van der Waals surface area contributed by atoms with Crippen LogP contribution in [-0.4, -0.2) is 31.4 Å². The van der Waals surface area contributed by atoms with Crippen LogP contribution in [0.1, 0.15) is 6.92 Å². The van der Waals surface area contributed by atoms with E-state index in [0.717, 1.165) is 12.4 Å². The van der Waals surface area contributed by atoms with E-state index in [1.165, 1.54) is 0 Å². The highest BCUT2D eigenvalue weighted by Crippen LogP contribution is 1.86. The van der Waals surface area contributed by atoms with Gasteiger partial charge in [-0.1, -0.05) is 6.58 Å². The maximum atomic E-state index is 4.00. The van der Waals surface area contributed by atoms with Crippen LogP contribution >= 0.6 is 0 Å². The average molecular weight is 126 g/mol. The molecule has 0 aromatic rings. The molecule has 0 saturated heterocycles. The predicted octanol–water partition coefficient (Wildman–Crippen LogP) is 1.15. The molecule has 0 heterocycles. The molecule has 2 heteroatoms. The van der Waals surface area contributed by atoms with Crippen LogP contribution in [0.2, 0.25) is 0 Å².